The number of hydrogen-bond donors (Lipinski definition) is 2. The average molecular weight is 458 g/mol. The number of fused-ring (bicyclic) bond motifs is 1. The van der Waals surface area contributed by atoms with Gasteiger partial charge in [-0.25, -0.2) is 14.4 Å². The van der Waals surface area contributed by atoms with Crippen LogP contribution in [0.1, 0.15) is 19.3 Å². The van der Waals surface area contributed by atoms with Gasteiger partial charge >= 0.3 is 0 Å². The van der Waals surface area contributed by atoms with E-state index in [2.05, 4.69) is 10.3 Å². The second-order valence-electron chi connectivity index (χ2n) is 8.38. The van der Waals surface area contributed by atoms with Crippen LogP contribution in [0.15, 0.2) is 60.9 Å². The summed E-state index contributed by atoms with van der Waals surface area (Å²) in [5.74, 6) is 0.543. The SMILES string of the molecule is COc1cc(-c2ccccc2F)cc2c(NC3CCCC3C(N)=O)nc(-c3cccnc3)nc12. The van der Waals surface area contributed by atoms with E-state index >= 15 is 0 Å². The zero-order chi connectivity index (χ0) is 23.7. The average Bonchev–Trinajstić information content (AvgIpc) is 3.33. The third-order valence-electron chi connectivity index (χ3n) is 6.29. The third kappa shape index (κ3) is 4.03. The molecule has 2 atom stereocenters. The molecule has 1 aliphatic carbocycles. The normalized spacial score (nSPS) is 17.6. The van der Waals surface area contributed by atoms with Crippen molar-refractivity contribution in [3.63, 3.8) is 0 Å². The first kappa shape index (κ1) is 21.8. The molecular formula is C26H24FN5O2. The van der Waals surface area contributed by atoms with Crippen LogP contribution in [0.2, 0.25) is 0 Å². The Morgan fingerprint density at radius 2 is 1.97 bits per heavy atom. The van der Waals surface area contributed by atoms with Gasteiger partial charge in [0, 0.05) is 34.9 Å². The first-order valence-corrected chi connectivity index (χ1v) is 11.2. The van der Waals surface area contributed by atoms with Crippen LogP contribution in [0.3, 0.4) is 0 Å². The Labute approximate surface area is 196 Å². The smallest absolute Gasteiger partial charge is 0.222 e. The fourth-order valence-electron chi connectivity index (χ4n) is 4.59. The monoisotopic (exact) mass is 457 g/mol. The maximum absolute atomic E-state index is 14.6. The van der Waals surface area contributed by atoms with Gasteiger partial charge in [0.25, 0.3) is 0 Å². The van der Waals surface area contributed by atoms with Crippen LogP contribution in [-0.4, -0.2) is 34.0 Å². The highest BCUT2D eigenvalue weighted by atomic mass is 19.1. The number of pyridine rings is 1. The van der Waals surface area contributed by atoms with Crippen LogP contribution in [0, 0.1) is 11.7 Å². The Balaban J connectivity index is 1.72. The van der Waals surface area contributed by atoms with Gasteiger partial charge in [0.2, 0.25) is 5.91 Å². The molecule has 1 fully saturated rings. The minimum absolute atomic E-state index is 0.152. The van der Waals surface area contributed by atoms with Gasteiger partial charge in [-0.05, 0) is 48.7 Å². The Morgan fingerprint density at radius 1 is 1.12 bits per heavy atom. The van der Waals surface area contributed by atoms with E-state index in [0.29, 0.717) is 39.4 Å². The Morgan fingerprint density at radius 3 is 2.71 bits per heavy atom. The summed E-state index contributed by atoms with van der Waals surface area (Å²) in [6.07, 6.45) is 5.79. The molecule has 7 nitrogen and oxygen atoms in total. The number of benzene rings is 2. The number of rotatable bonds is 6. The number of hydrogen-bond acceptors (Lipinski definition) is 6. The summed E-state index contributed by atoms with van der Waals surface area (Å²) in [6.45, 7) is 0. The maximum Gasteiger partial charge on any atom is 0.222 e. The lowest BCUT2D eigenvalue weighted by molar-refractivity contribution is -0.121. The van der Waals surface area contributed by atoms with Crippen LogP contribution >= 0.6 is 0 Å². The quantitative estimate of drug-likeness (QED) is 0.440. The predicted octanol–water partition coefficient (Wildman–Crippen LogP) is 4.57. The summed E-state index contributed by atoms with van der Waals surface area (Å²) >= 11 is 0. The molecule has 1 saturated carbocycles. The molecule has 172 valence electrons. The van der Waals surface area contributed by atoms with E-state index in [9.17, 15) is 9.18 Å². The molecule has 1 amide bonds. The fraction of sp³-hybridized carbons (Fsp3) is 0.231. The minimum Gasteiger partial charge on any atom is -0.494 e. The first-order valence-electron chi connectivity index (χ1n) is 11.2. The van der Waals surface area contributed by atoms with Gasteiger partial charge in [0.05, 0.1) is 13.0 Å². The third-order valence-corrected chi connectivity index (χ3v) is 6.29. The number of halogens is 1. The molecule has 8 heteroatoms. The van der Waals surface area contributed by atoms with Crippen molar-refractivity contribution in [3.05, 3.63) is 66.7 Å². The van der Waals surface area contributed by atoms with Crippen molar-refractivity contribution < 1.29 is 13.9 Å². The van der Waals surface area contributed by atoms with E-state index in [-0.39, 0.29) is 23.7 Å². The Kier molecular flexibility index (Phi) is 5.79. The zero-order valence-corrected chi connectivity index (χ0v) is 18.7. The van der Waals surface area contributed by atoms with Crippen molar-refractivity contribution >= 4 is 22.6 Å². The fourth-order valence-corrected chi connectivity index (χ4v) is 4.59. The van der Waals surface area contributed by atoms with Crippen LogP contribution in [0.4, 0.5) is 10.2 Å². The molecule has 2 aromatic heterocycles. The van der Waals surface area contributed by atoms with E-state index in [1.807, 2.05) is 18.2 Å². The summed E-state index contributed by atoms with van der Waals surface area (Å²) in [4.78, 5) is 25.8. The van der Waals surface area contributed by atoms with E-state index in [1.54, 1.807) is 43.8 Å². The van der Waals surface area contributed by atoms with Gasteiger partial charge in [-0.3, -0.25) is 9.78 Å². The molecule has 2 heterocycles. The summed E-state index contributed by atoms with van der Waals surface area (Å²) in [7, 11) is 1.55. The highest BCUT2D eigenvalue weighted by Gasteiger charge is 2.32. The lowest BCUT2D eigenvalue weighted by Gasteiger charge is -2.21. The van der Waals surface area contributed by atoms with Gasteiger partial charge in [-0.15, -0.1) is 0 Å². The number of ether oxygens (including phenoxy) is 1. The molecular weight excluding hydrogens is 433 g/mol. The standard InChI is InChI=1S/C26H24FN5O2/c1-34-22-13-16(17-7-2-3-9-20(17)27)12-19-23(22)31-25(15-6-5-11-29-14-15)32-26(19)30-21-10-4-8-18(21)24(28)33/h2-3,5-7,9,11-14,18,21H,4,8,10H2,1H3,(H2,28,33)(H,30,31,32). The summed E-state index contributed by atoms with van der Waals surface area (Å²) < 4.78 is 20.3. The number of carbonyl (C=O) groups is 1. The molecule has 5 rings (SSSR count). The molecule has 2 unspecified atom stereocenters. The molecule has 0 bridgehead atoms. The van der Waals surface area contributed by atoms with Crippen LogP contribution < -0.4 is 15.8 Å². The van der Waals surface area contributed by atoms with E-state index < -0.39 is 0 Å². The number of aromatic nitrogens is 3. The summed E-state index contributed by atoms with van der Waals surface area (Å²) in [6, 6.07) is 13.7. The number of nitrogens with two attached hydrogens (primary N) is 1. The molecule has 1 aliphatic rings. The largest absolute Gasteiger partial charge is 0.494 e. The van der Waals surface area contributed by atoms with E-state index in [0.717, 1.165) is 24.8 Å². The predicted molar refractivity (Wildman–Crippen MR) is 129 cm³/mol. The highest BCUT2D eigenvalue weighted by molar-refractivity contribution is 5.98. The van der Waals surface area contributed by atoms with Crippen molar-refractivity contribution in [3.8, 4) is 28.3 Å². The molecule has 0 aliphatic heterocycles. The molecule has 2 aromatic carbocycles. The van der Waals surface area contributed by atoms with Gasteiger partial charge in [-0.1, -0.05) is 24.6 Å². The topological polar surface area (TPSA) is 103 Å². The van der Waals surface area contributed by atoms with E-state index in [1.165, 1.54) is 6.07 Å². The molecule has 3 N–H and O–H groups in total. The minimum atomic E-state index is -0.337. The van der Waals surface area contributed by atoms with Crippen molar-refractivity contribution in [2.75, 3.05) is 12.4 Å². The van der Waals surface area contributed by atoms with Crippen molar-refractivity contribution in [1.29, 1.82) is 0 Å². The van der Waals surface area contributed by atoms with Crippen molar-refractivity contribution in [1.82, 2.24) is 15.0 Å². The highest BCUT2D eigenvalue weighted by Crippen LogP contribution is 2.38. The van der Waals surface area contributed by atoms with Gasteiger partial charge in [-0.2, -0.15) is 0 Å². The number of nitrogens with one attached hydrogen (secondary N) is 1. The maximum atomic E-state index is 14.6. The number of carbonyl (C=O) groups excluding carboxylic acids is 1. The van der Waals surface area contributed by atoms with E-state index in [4.69, 9.17) is 20.4 Å². The number of amides is 1. The Bertz CT molecular complexity index is 1360. The van der Waals surface area contributed by atoms with Crippen LogP contribution in [-0.2, 0) is 4.79 Å². The second kappa shape index (κ2) is 9.05. The van der Waals surface area contributed by atoms with Crippen LogP contribution in [0.5, 0.6) is 5.75 Å². The molecule has 0 radical (unpaired) electrons. The Hall–Kier alpha value is -4.07. The van der Waals surface area contributed by atoms with Gasteiger partial charge in [0.1, 0.15) is 22.9 Å². The number of nitrogens with zero attached hydrogens (tertiary/aromatic N) is 3. The van der Waals surface area contributed by atoms with Crippen molar-refractivity contribution in [2.24, 2.45) is 11.7 Å². The van der Waals surface area contributed by atoms with Gasteiger partial charge in [0.15, 0.2) is 5.82 Å². The zero-order valence-electron chi connectivity index (χ0n) is 18.7. The summed E-state index contributed by atoms with van der Waals surface area (Å²) in [5.41, 5.74) is 8.06. The number of methoxy groups -OCH3 is 1. The van der Waals surface area contributed by atoms with Crippen molar-refractivity contribution in [2.45, 2.75) is 25.3 Å². The molecule has 4 aromatic rings. The molecule has 0 spiro atoms. The number of anilines is 1. The molecule has 0 saturated heterocycles. The second-order valence-corrected chi connectivity index (χ2v) is 8.38. The lowest BCUT2D eigenvalue weighted by Crippen LogP contribution is -2.34. The number of primary amides is 1. The first-order chi connectivity index (χ1) is 16.5. The van der Waals surface area contributed by atoms with Crippen LogP contribution in [0.25, 0.3) is 33.4 Å². The molecule has 34 heavy (non-hydrogen) atoms. The summed E-state index contributed by atoms with van der Waals surface area (Å²) in [5, 5.41) is 4.12. The lowest BCUT2D eigenvalue weighted by atomic mass is 10.0. The van der Waals surface area contributed by atoms with Gasteiger partial charge < -0.3 is 15.8 Å².